The van der Waals surface area contributed by atoms with Crippen LogP contribution in [-0.4, -0.2) is 4.98 Å². The van der Waals surface area contributed by atoms with Crippen molar-refractivity contribution >= 4 is 16.3 Å². The van der Waals surface area contributed by atoms with Crippen LogP contribution in [0.15, 0.2) is 6.20 Å². The number of nitrogen functional groups attached to an aromatic ring is 1. The lowest BCUT2D eigenvalue weighted by Gasteiger charge is -1.97. The fourth-order valence-electron chi connectivity index (χ4n) is 0.418. The summed E-state index contributed by atoms with van der Waals surface area (Å²) < 4.78 is 35.1. The van der Waals surface area contributed by atoms with Gasteiger partial charge in [-0.05, 0) is 0 Å². The number of hydrogen-bond acceptors (Lipinski definition) is 3. The van der Waals surface area contributed by atoms with Crippen molar-refractivity contribution < 1.29 is 13.2 Å². The van der Waals surface area contributed by atoms with Crippen molar-refractivity contribution in [3.63, 3.8) is 0 Å². The molecule has 10 heavy (non-hydrogen) atoms. The summed E-state index contributed by atoms with van der Waals surface area (Å²) in [6.45, 7) is 0. The molecule has 0 saturated carbocycles. The van der Waals surface area contributed by atoms with Gasteiger partial charge in [0.2, 0.25) is 0 Å². The molecular weight excluding hydrogens is 165 g/mol. The van der Waals surface area contributed by atoms with Gasteiger partial charge in [-0.3, -0.25) is 0 Å². The number of aromatic nitrogens is 1. The number of nitrogens with zero attached hydrogens (tertiary/aromatic N) is 1. The summed E-state index contributed by atoms with van der Waals surface area (Å²) in [6.07, 6.45) is -3.37. The molecule has 2 N–H and O–H groups in total. The average molecular weight is 168 g/mol. The number of hydrogen-bond donors (Lipinski definition) is 1. The van der Waals surface area contributed by atoms with Crippen molar-refractivity contribution in [1.29, 1.82) is 0 Å². The number of alkyl halides is 3. The van der Waals surface area contributed by atoms with Crippen molar-refractivity contribution in [3.05, 3.63) is 11.2 Å². The maximum Gasteiger partial charge on any atom is 0.443 e. The quantitative estimate of drug-likeness (QED) is 0.640. The number of nitrogens with two attached hydrogens (primary N) is 1. The highest BCUT2D eigenvalue weighted by atomic mass is 32.1. The summed E-state index contributed by atoms with van der Waals surface area (Å²) in [6, 6.07) is 0. The Bertz CT molecular complexity index is 229. The number of halogens is 3. The van der Waals surface area contributed by atoms with Gasteiger partial charge in [-0.15, -0.1) is 0 Å². The Morgan fingerprint density at radius 1 is 1.50 bits per heavy atom. The minimum Gasteiger partial charge on any atom is -0.389 e. The zero-order chi connectivity index (χ0) is 7.78. The molecule has 1 aromatic heterocycles. The van der Waals surface area contributed by atoms with Gasteiger partial charge >= 0.3 is 6.18 Å². The maximum absolute atomic E-state index is 11.7. The van der Waals surface area contributed by atoms with Gasteiger partial charge in [0.25, 0.3) is 0 Å². The Balaban J connectivity index is 2.96. The van der Waals surface area contributed by atoms with E-state index in [2.05, 4.69) is 4.98 Å². The van der Waals surface area contributed by atoms with Crippen LogP contribution in [0, 0.1) is 0 Å². The number of anilines is 1. The van der Waals surface area contributed by atoms with Gasteiger partial charge in [-0.2, -0.15) is 13.2 Å². The van der Waals surface area contributed by atoms with E-state index < -0.39 is 11.2 Å². The minimum atomic E-state index is -4.36. The molecule has 0 aliphatic rings. The Labute approximate surface area is 58.5 Å². The molecule has 0 bridgehead atoms. The third-order valence-corrected chi connectivity index (χ3v) is 1.64. The first-order valence-electron chi connectivity index (χ1n) is 2.28. The van der Waals surface area contributed by atoms with Gasteiger partial charge in [0.05, 0.1) is 6.20 Å². The Kier molecular flexibility index (Phi) is 1.55. The van der Waals surface area contributed by atoms with E-state index in [-0.39, 0.29) is 5.00 Å². The lowest BCUT2D eigenvalue weighted by Crippen LogP contribution is -2.02. The zero-order valence-corrected chi connectivity index (χ0v) is 5.46. The molecule has 0 spiro atoms. The second kappa shape index (κ2) is 2.12. The molecule has 0 amide bonds. The highest BCUT2D eigenvalue weighted by Gasteiger charge is 2.34. The molecule has 56 valence electrons. The lowest BCUT2D eigenvalue weighted by molar-refractivity contribution is -0.137. The van der Waals surface area contributed by atoms with E-state index in [0.29, 0.717) is 11.3 Å². The summed E-state index contributed by atoms with van der Waals surface area (Å²) in [5.41, 5.74) is 5.03. The lowest BCUT2D eigenvalue weighted by atomic mass is 10.7. The summed E-state index contributed by atoms with van der Waals surface area (Å²) in [7, 11) is 0. The van der Waals surface area contributed by atoms with Crippen LogP contribution in [0.3, 0.4) is 0 Å². The molecule has 0 radical (unpaired) electrons. The normalized spacial score (nSPS) is 11.9. The van der Waals surface area contributed by atoms with Crippen molar-refractivity contribution in [1.82, 2.24) is 4.98 Å². The standard InChI is InChI=1S/C4H3F3N2S/c5-4(6,7)3-9-1-2(8)10-3/h1H,8H2. The van der Waals surface area contributed by atoms with Crippen LogP contribution in [0.5, 0.6) is 0 Å². The first-order chi connectivity index (χ1) is 4.50. The minimum absolute atomic E-state index is 0.0762. The van der Waals surface area contributed by atoms with Crippen molar-refractivity contribution in [2.24, 2.45) is 0 Å². The molecule has 1 aromatic rings. The molecule has 6 heteroatoms. The van der Waals surface area contributed by atoms with Crippen molar-refractivity contribution in [2.45, 2.75) is 6.18 Å². The highest BCUT2D eigenvalue weighted by molar-refractivity contribution is 7.15. The second-order valence-corrected chi connectivity index (χ2v) is 2.63. The molecule has 0 unspecified atom stereocenters. The Morgan fingerprint density at radius 3 is 2.30 bits per heavy atom. The van der Waals surface area contributed by atoms with Crippen LogP contribution in [0.1, 0.15) is 5.01 Å². The molecule has 0 fully saturated rings. The van der Waals surface area contributed by atoms with E-state index in [1.54, 1.807) is 0 Å². The molecule has 0 aliphatic heterocycles. The molecule has 2 nitrogen and oxygen atoms in total. The van der Waals surface area contributed by atoms with Gasteiger partial charge in [0, 0.05) is 0 Å². The van der Waals surface area contributed by atoms with Gasteiger partial charge < -0.3 is 5.73 Å². The van der Waals surface area contributed by atoms with Crippen LogP contribution >= 0.6 is 11.3 Å². The first kappa shape index (κ1) is 7.33. The summed E-state index contributed by atoms with van der Waals surface area (Å²) >= 11 is 0.436. The SMILES string of the molecule is Nc1cnc(C(F)(F)F)s1. The molecule has 1 rings (SSSR count). The smallest absolute Gasteiger partial charge is 0.389 e. The summed E-state index contributed by atoms with van der Waals surface area (Å²) in [4.78, 5) is 3.06. The Morgan fingerprint density at radius 2 is 2.10 bits per heavy atom. The summed E-state index contributed by atoms with van der Waals surface area (Å²) in [5, 5.41) is -0.822. The van der Waals surface area contributed by atoms with Crippen LogP contribution in [-0.2, 0) is 6.18 Å². The Hall–Kier alpha value is -0.780. The molecular formula is C4H3F3N2S. The second-order valence-electron chi connectivity index (χ2n) is 1.57. The van der Waals surface area contributed by atoms with Crippen LogP contribution in [0.25, 0.3) is 0 Å². The van der Waals surface area contributed by atoms with E-state index in [1.165, 1.54) is 0 Å². The largest absolute Gasteiger partial charge is 0.443 e. The number of rotatable bonds is 0. The predicted molar refractivity (Wildman–Crippen MR) is 31.5 cm³/mol. The van der Waals surface area contributed by atoms with Crippen LogP contribution < -0.4 is 5.73 Å². The topological polar surface area (TPSA) is 38.9 Å². The van der Waals surface area contributed by atoms with Gasteiger partial charge in [0.15, 0.2) is 5.01 Å². The van der Waals surface area contributed by atoms with Gasteiger partial charge in [-0.1, -0.05) is 11.3 Å². The van der Waals surface area contributed by atoms with E-state index in [4.69, 9.17) is 5.73 Å². The predicted octanol–water partition coefficient (Wildman–Crippen LogP) is 1.74. The third-order valence-electron chi connectivity index (χ3n) is 0.766. The van der Waals surface area contributed by atoms with Gasteiger partial charge in [0.1, 0.15) is 5.00 Å². The molecule has 0 atom stereocenters. The van der Waals surface area contributed by atoms with Crippen LogP contribution in [0.2, 0.25) is 0 Å². The fourth-order valence-corrected chi connectivity index (χ4v) is 0.967. The monoisotopic (exact) mass is 168 g/mol. The summed E-state index contributed by atoms with van der Waals surface area (Å²) in [5.74, 6) is 0. The van der Waals surface area contributed by atoms with Crippen molar-refractivity contribution in [3.8, 4) is 0 Å². The van der Waals surface area contributed by atoms with E-state index in [9.17, 15) is 13.2 Å². The van der Waals surface area contributed by atoms with Crippen LogP contribution in [0.4, 0.5) is 18.2 Å². The molecule has 0 aromatic carbocycles. The number of thiazole rings is 1. The van der Waals surface area contributed by atoms with E-state index >= 15 is 0 Å². The molecule has 0 saturated heterocycles. The zero-order valence-electron chi connectivity index (χ0n) is 4.64. The van der Waals surface area contributed by atoms with Gasteiger partial charge in [-0.25, -0.2) is 4.98 Å². The highest BCUT2D eigenvalue weighted by Crippen LogP contribution is 2.32. The third kappa shape index (κ3) is 1.38. The fraction of sp³-hybridized carbons (Fsp3) is 0.250. The molecule has 0 aliphatic carbocycles. The van der Waals surface area contributed by atoms with E-state index in [1.807, 2.05) is 0 Å². The maximum atomic E-state index is 11.7. The first-order valence-corrected chi connectivity index (χ1v) is 3.10. The average Bonchev–Trinajstić information content (AvgIpc) is 2.11. The van der Waals surface area contributed by atoms with Crippen molar-refractivity contribution in [2.75, 3.05) is 5.73 Å². The van der Waals surface area contributed by atoms with E-state index in [0.717, 1.165) is 6.20 Å². The molecule has 1 heterocycles.